The molecule has 0 aromatic heterocycles. The predicted molar refractivity (Wildman–Crippen MR) is 70.4 cm³/mol. The molecule has 2 N–H and O–H groups in total. The van der Waals surface area contributed by atoms with Gasteiger partial charge in [-0.2, -0.15) is 0 Å². The van der Waals surface area contributed by atoms with E-state index in [9.17, 15) is 9.59 Å². The molecule has 4 nitrogen and oxygen atoms in total. The Balaban J connectivity index is 2.90. The highest BCUT2D eigenvalue weighted by Gasteiger charge is 2.37. The monoisotopic (exact) mass is 249 g/mol. The van der Waals surface area contributed by atoms with Crippen LogP contribution >= 0.6 is 0 Å². The minimum Gasteiger partial charge on any atom is -0.481 e. The quantitative estimate of drug-likeness (QED) is 0.809. The molecular weight excluding hydrogens is 230 g/mol. The van der Waals surface area contributed by atoms with E-state index in [-0.39, 0.29) is 0 Å². The number of hydrogen-bond donors (Lipinski definition) is 2. The van der Waals surface area contributed by atoms with Crippen LogP contribution in [0.5, 0.6) is 0 Å². The lowest BCUT2D eigenvalue weighted by atomic mass is 9.80. The smallest absolute Gasteiger partial charge is 0.316 e. The maximum absolute atomic E-state index is 12.0. The second-order valence-corrected chi connectivity index (χ2v) is 5.50. The van der Waals surface area contributed by atoms with Gasteiger partial charge in [0.2, 0.25) is 5.91 Å². The van der Waals surface area contributed by atoms with Crippen LogP contribution in [0.2, 0.25) is 0 Å². The number of nitrogens with one attached hydrogen (secondary N) is 1. The third-order valence-electron chi connectivity index (χ3n) is 2.66. The molecule has 18 heavy (non-hydrogen) atoms. The van der Waals surface area contributed by atoms with E-state index in [0.717, 1.165) is 5.56 Å². The molecule has 1 rings (SSSR count). The van der Waals surface area contributed by atoms with E-state index in [1.54, 1.807) is 32.9 Å². The SMILES string of the molecule is Cc1cccc(NC(=O)C(C(=O)O)C(C)(C)C)c1. The molecule has 0 radical (unpaired) electrons. The van der Waals surface area contributed by atoms with Crippen molar-refractivity contribution in [2.75, 3.05) is 5.32 Å². The zero-order chi connectivity index (χ0) is 13.9. The Labute approximate surface area is 107 Å². The van der Waals surface area contributed by atoms with E-state index >= 15 is 0 Å². The van der Waals surface area contributed by atoms with Crippen LogP contribution in [0.4, 0.5) is 5.69 Å². The fourth-order valence-electron chi connectivity index (χ4n) is 1.81. The van der Waals surface area contributed by atoms with Gasteiger partial charge in [-0.15, -0.1) is 0 Å². The summed E-state index contributed by atoms with van der Waals surface area (Å²) in [5.74, 6) is -2.66. The molecule has 0 saturated carbocycles. The van der Waals surface area contributed by atoms with Crippen molar-refractivity contribution in [1.82, 2.24) is 0 Å². The average Bonchev–Trinajstić information content (AvgIpc) is 2.13. The maximum Gasteiger partial charge on any atom is 0.316 e. The first-order chi connectivity index (χ1) is 8.21. The summed E-state index contributed by atoms with van der Waals surface area (Å²) in [5.41, 5.74) is 1.01. The molecule has 0 saturated heterocycles. The van der Waals surface area contributed by atoms with Gasteiger partial charge in [-0.3, -0.25) is 9.59 Å². The highest BCUT2D eigenvalue weighted by molar-refractivity contribution is 6.04. The molecule has 0 aliphatic heterocycles. The summed E-state index contributed by atoms with van der Waals surface area (Å²) in [7, 11) is 0. The fraction of sp³-hybridized carbons (Fsp3) is 0.429. The van der Waals surface area contributed by atoms with Crippen molar-refractivity contribution in [2.45, 2.75) is 27.7 Å². The molecule has 0 aliphatic carbocycles. The van der Waals surface area contributed by atoms with Gasteiger partial charge in [-0.05, 0) is 30.0 Å². The lowest BCUT2D eigenvalue weighted by molar-refractivity contribution is -0.149. The van der Waals surface area contributed by atoms with Crippen molar-refractivity contribution in [1.29, 1.82) is 0 Å². The predicted octanol–water partition coefficient (Wildman–Crippen LogP) is 2.68. The second kappa shape index (κ2) is 5.21. The Hall–Kier alpha value is -1.84. The van der Waals surface area contributed by atoms with Crippen molar-refractivity contribution in [3.05, 3.63) is 29.8 Å². The molecule has 0 bridgehead atoms. The van der Waals surface area contributed by atoms with Crippen LogP contribution in [0.25, 0.3) is 0 Å². The standard InChI is InChI=1S/C14H19NO3/c1-9-6-5-7-10(8-9)15-12(16)11(13(17)18)14(2,3)4/h5-8,11H,1-4H3,(H,15,16)(H,17,18). The maximum atomic E-state index is 12.0. The number of rotatable bonds is 3. The summed E-state index contributed by atoms with van der Waals surface area (Å²) < 4.78 is 0. The molecule has 0 spiro atoms. The van der Waals surface area contributed by atoms with E-state index in [1.807, 2.05) is 19.1 Å². The number of carboxylic acids is 1. The summed E-state index contributed by atoms with van der Waals surface area (Å²) in [6.07, 6.45) is 0. The number of aliphatic carboxylic acids is 1. The molecule has 4 heteroatoms. The minimum absolute atomic E-state index is 0.486. The molecule has 1 amide bonds. The van der Waals surface area contributed by atoms with E-state index in [0.29, 0.717) is 5.69 Å². The number of carbonyl (C=O) groups excluding carboxylic acids is 1. The Morgan fingerprint density at radius 3 is 2.33 bits per heavy atom. The summed E-state index contributed by atoms with van der Waals surface area (Å²) in [6, 6.07) is 7.28. The molecule has 1 aromatic carbocycles. The summed E-state index contributed by atoms with van der Waals surface area (Å²) in [6.45, 7) is 7.12. The van der Waals surface area contributed by atoms with Gasteiger partial charge in [-0.1, -0.05) is 32.9 Å². The first-order valence-corrected chi connectivity index (χ1v) is 5.82. The average molecular weight is 249 g/mol. The van der Waals surface area contributed by atoms with Crippen LogP contribution in [-0.4, -0.2) is 17.0 Å². The van der Waals surface area contributed by atoms with E-state index in [4.69, 9.17) is 5.11 Å². The van der Waals surface area contributed by atoms with Gasteiger partial charge in [0.25, 0.3) is 0 Å². The van der Waals surface area contributed by atoms with Crippen LogP contribution in [0.15, 0.2) is 24.3 Å². The van der Waals surface area contributed by atoms with Crippen molar-refractivity contribution >= 4 is 17.6 Å². The zero-order valence-corrected chi connectivity index (χ0v) is 11.2. The second-order valence-electron chi connectivity index (χ2n) is 5.50. The largest absolute Gasteiger partial charge is 0.481 e. The lowest BCUT2D eigenvalue weighted by Gasteiger charge is -2.25. The van der Waals surface area contributed by atoms with Gasteiger partial charge in [0.1, 0.15) is 5.92 Å². The van der Waals surface area contributed by atoms with E-state index in [1.165, 1.54) is 0 Å². The summed E-state index contributed by atoms with van der Waals surface area (Å²) >= 11 is 0. The molecule has 0 aliphatic rings. The summed E-state index contributed by atoms with van der Waals surface area (Å²) in [4.78, 5) is 23.2. The highest BCUT2D eigenvalue weighted by Crippen LogP contribution is 2.27. The van der Waals surface area contributed by atoms with Gasteiger partial charge < -0.3 is 10.4 Å². The van der Waals surface area contributed by atoms with Crippen LogP contribution in [0.3, 0.4) is 0 Å². The van der Waals surface area contributed by atoms with E-state index < -0.39 is 23.2 Å². The lowest BCUT2D eigenvalue weighted by Crippen LogP contribution is -2.39. The molecule has 1 atom stereocenters. The van der Waals surface area contributed by atoms with Gasteiger partial charge >= 0.3 is 5.97 Å². The normalized spacial score (nSPS) is 12.9. The van der Waals surface area contributed by atoms with Crippen LogP contribution in [0.1, 0.15) is 26.3 Å². The number of carbonyl (C=O) groups is 2. The Bertz CT molecular complexity index is 460. The van der Waals surface area contributed by atoms with Crippen molar-refractivity contribution < 1.29 is 14.7 Å². The Morgan fingerprint density at radius 1 is 1.28 bits per heavy atom. The van der Waals surface area contributed by atoms with Gasteiger partial charge in [-0.25, -0.2) is 0 Å². The number of carboxylic acid groups (broad SMARTS) is 1. The number of benzene rings is 1. The van der Waals surface area contributed by atoms with Crippen LogP contribution < -0.4 is 5.32 Å². The van der Waals surface area contributed by atoms with Crippen molar-refractivity contribution in [3.8, 4) is 0 Å². The molecular formula is C14H19NO3. The van der Waals surface area contributed by atoms with E-state index in [2.05, 4.69) is 5.32 Å². The molecule has 1 aromatic rings. The molecule has 1 unspecified atom stereocenters. The summed E-state index contributed by atoms with van der Waals surface area (Å²) in [5, 5.41) is 11.8. The van der Waals surface area contributed by atoms with Crippen LogP contribution in [-0.2, 0) is 9.59 Å². The zero-order valence-electron chi connectivity index (χ0n) is 11.2. The van der Waals surface area contributed by atoms with Gasteiger partial charge in [0, 0.05) is 5.69 Å². The number of anilines is 1. The Kier molecular flexibility index (Phi) is 4.11. The number of hydrogen-bond acceptors (Lipinski definition) is 2. The molecule has 0 fully saturated rings. The highest BCUT2D eigenvalue weighted by atomic mass is 16.4. The molecule has 0 heterocycles. The van der Waals surface area contributed by atoms with Crippen molar-refractivity contribution in [2.24, 2.45) is 11.3 Å². The first kappa shape index (κ1) is 14.2. The van der Waals surface area contributed by atoms with Gasteiger partial charge in [0.05, 0.1) is 0 Å². The number of aryl methyl sites for hydroxylation is 1. The third-order valence-corrected chi connectivity index (χ3v) is 2.66. The minimum atomic E-state index is -1.10. The van der Waals surface area contributed by atoms with Crippen molar-refractivity contribution in [3.63, 3.8) is 0 Å². The number of amides is 1. The van der Waals surface area contributed by atoms with Crippen LogP contribution in [0, 0.1) is 18.3 Å². The molecule has 98 valence electrons. The third kappa shape index (κ3) is 3.58. The first-order valence-electron chi connectivity index (χ1n) is 5.82. The Morgan fingerprint density at radius 2 is 1.89 bits per heavy atom. The topological polar surface area (TPSA) is 66.4 Å². The van der Waals surface area contributed by atoms with Gasteiger partial charge in [0.15, 0.2) is 0 Å². The fourth-order valence-corrected chi connectivity index (χ4v) is 1.81.